The van der Waals surface area contributed by atoms with E-state index in [4.69, 9.17) is 4.74 Å². The highest BCUT2D eigenvalue weighted by Crippen LogP contribution is 2.67. The smallest absolute Gasteiger partial charge is 0.154 e. The standard InChI is InChI=1S/C25H40O3/c1-16(5-10-23(27)28-4)20-8-9-21-19-7-6-17-15-18(26)11-13-24(17,2)22(19)12-14-25(20,21)3/h6,16,19-23,27H,5,7-15H2,1-4H3/t16-,19?,20?,21?,22?,23?,24+,25-/m1/s1. The molecule has 8 atom stereocenters. The number of aliphatic hydroxyl groups excluding tert-OH is 1. The maximum Gasteiger partial charge on any atom is 0.154 e. The van der Waals surface area contributed by atoms with Crippen molar-refractivity contribution in [3.8, 4) is 0 Å². The molecular weight excluding hydrogens is 348 g/mol. The van der Waals surface area contributed by atoms with Gasteiger partial charge in [-0.1, -0.05) is 32.4 Å². The van der Waals surface area contributed by atoms with Crippen LogP contribution in [0.4, 0.5) is 0 Å². The summed E-state index contributed by atoms with van der Waals surface area (Å²) in [5, 5.41) is 9.81. The zero-order valence-electron chi connectivity index (χ0n) is 18.4. The van der Waals surface area contributed by atoms with Crippen LogP contribution in [0.1, 0.15) is 85.0 Å². The van der Waals surface area contributed by atoms with E-state index in [0.717, 1.165) is 55.8 Å². The van der Waals surface area contributed by atoms with Crippen molar-refractivity contribution in [3.05, 3.63) is 11.6 Å². The third-order valence-corrected chi connectivity index (χ3v) is 9.84. The van der Waals surface area contributed by atoms with Crippen LogP contribution in [0.15, 0.2) is 11.6 Å². The Balaban J connectivity index is 1.51. The van der Waals surface area contributed by atoms with Gasteiger partial charge in [0.25, 0.3) is 0 Å². The molecule has 0 aliphatic heterocycles. The first kappa shape index (κ1) is 20.6. The minimum atomic E-state index is -0.612. The summed E-state index contributed by atoms with van der Waals surface area (Å²) in [5.41, 5.74) is 2.21. The van der Waals surface area contributed by atoms with Crippen molar-refractivity contribution in [2.24, 2.45) is 40.4 Å². The van der Waals surface area contributed by atoms with E-state index < -0.39 is 6.29 Å². The second kappa shape index (κ2) is 7.54. The minimum Gasteiger partial charge on any atom is -0.368 e. The molecule has 3 fully saturated rings. The van der Waals surface area contributed by atoms with E-state index in [1.165, 1.54) is 37.7 Å². The second-order valence-corrected chi connectivity index (χ2v) is 10.9. The number of ketones is 1. The van der Waals surface area contributed by atoms with Gasteiger partial charge in [-0.3, -0.25) is 4.79 Å². The fourth-order valence-electron chi connectivity index (χ4n) is 8.18. The van der Waals surface area contributed by atoms with Crippen LogP contribution in [0.5, 0.6) is 0 Å². The van der Waals surface area contributed by atoms with Crippen molar-refractivity contribution in [1.82, 2.24) is 0 Å². The summed E-state index contributed by atoms with van der Waals surface area (Å²) < 4.78 is 5.06. The predicted octanol–water partition coefficient (Wildman–Crippen LogP) is 5.52. The SMILES string of the molecule is COC(O)CC[C@@H](C)C1CCC2C3CC=C4CC(=O)CC[C@]4(C)C3CC[C@@]21C. The maximum absolute atomic E-state index is 12.0. The van der Waals surface area contributed by atoms with Crippen LogP contribution < -0.4 is 0 Å². The number of methoxy groups -OCH3 is 1. The molecule has 3 nitrogen and oxygen atoms in total. The van der Waals surface area contributed by atoms with Crippen molar-refractivity contribution in [2.45, 2.75) is 91.3 Å². The number of allylic oxidation sites excluding steroid dienone is 2. The topological polar surface area (TPSA) is 46.5 Å². The molecule has 0 spiro atoms. The molecule has 4 aliphatic rings. The lowest BCUT2D eigenvalue weighted by molar-refractivity contribution is -0.122. The van der Waals surface area contributed by atoms with Crippen LogP contribution in [0.2, 0.25) is 0 Å². The average molecular weight is 389 g/mol. The van der Waals surface area contributed by atoms with Crippen LogP contribution >= 0.6 is 0 Å². The van der Waals surface area contributed by atoms with Crippen molar-refractivity contribution in [1.29, 1.82) is 0 Å². The number of hydrogen-bond acceptors (Lipinski definition) is 3. The Hall–Kier alpha value is -0.670. The summed E-state index contributed by atoms with van der Waals surface area (Å²) in [6.07, 6.45) is 12.9. The molecule has 0 aromatic rings. The van der Waals surface area contributed by atoms with Crippen LogP contribution in [-0.2, 0) is 9.53 Å². The van der Waals surface area contributed by atoms with E-state index in [-0.39, 0.29) is 5.41 Å². The lowest BCUT2D eigenvalue weighted by atomic mass is 9.47. The Morgan fingerprint density at radius 2 is 1.96 bits per heavy atom. The highest BCUT2D eigenvalue weighted by molar-refractivity contribution is 5.82. The number of aliphatic hydroxyl groups is 1. The van der Waals surface area contributed by atoms with E-state index in [2.05, 4.69) is 26.8 Å². The second-order valence-electron chi connectivity index (χ2n) is 10.9. The molecule has 0 amide bonds. The molecule has 5 unspecified atom stereocenters. The third kappa shape index (κ3) is 3.21. The molecule has 28 heavy (non-hydrogen) atoms. The molecule has 1 N–H and O–H groups in total. The van der Waals surface area contributed by atoms with Crippen LogP contribution in [0, 0.1) is 40.4 Å². The predicted molar refractivity (Wildman–Crippen MR) is 112 cm³/mol. The van der Waals surface area contributed by atoms with Gasteiger partial charge in [0.15, 0.2) is 6.29 Å². The molecule has 158 valence electrons. The van der Waals surface area contributed by atoms with E-state index in [1.807, 2.05) is 0 Å². The molecule has 0 saturated heterocycles. The molecule has 3 saturated carbocycles. The van der Waals surface area contributed by atoms with E-state index >= 15 is 0 Å². The Morgan fingerprint density at radius 1 is 1.18 bits per heavy atom. The summed E-state index contributed by atoms with van der Waals surface area (Å²) in [6.45, 7) is 7.46. The molecule has 0 heterocycles. The molecule has 0 bridgehead atoms. The molecule has 4 rings (SSSR count). The molecule has 4 aliphatic carbocycles. The van der Waals surface area contributed by atoms with Crippen molar-refractivity contribution >= 4 is 5.78 Å². The van der Waals surface area contributed by atoms with Gasteiger partial charge < -0.3 is 9.84 Å². The lowest BCUT2D eigenvalue weighted by Crippen LogP contribution is -2.50. The Bertz CT molecular complexity index is 640. The van der Waals surface area contributed by atoms with Gasteiger partial charge in [0.2, 0.25) is 0 Å². The van der Waals surface area contributed by atoms with Gasteiger partial charge in [0.1, 0.15) is 5.78 Å². The molecule has 0 radical (unpaired) electrons. The average Bonchev–Trinajstić information content (AvgIpc) is 3.03. The number of rotatable bonds is 5. The maximum atomic E-state index is 12.0. The summed E-state index contributed by atoms with van der Waals surface area (Å²) >= 11 is 0. The fraction of sp³-hybridized carbons (Fsp3) is 0.880. The number of Topliss-reactive ketones (excluding diaryl/α,β-unsaturated/α-hetero) is 1. The zero-order chi connectivity index (χ0) is 20.1. The lowest BCUT2D eigenvalue weighted by Gasteiger charge is -2.58. The number of hydrogen-bond donors (Lipinski definition) is 1. The first-order valence-corrected chi connectivity index (χ1v) is 11.7. The van der Waals surface area contributed by atoms with Gasteiger partial charge in [-0.05, 0) is 91.8 Å². The quantitative estimate of drug-likeness (QED) is 0.498. The van der Waals surface area contributed by atoms with Gasteiger partial charge in [-0.2, -0.15) is 0 Å². The Morgan fingerprint density at radius 3 is 2.71 bits per heavy atom. The van der Waals surface area contributed by atoms with Crippen molar-refractivity contribution in [3.63, 3.8) is 0 Å². The summed E-state index contributed by atoms with van der Waals surface area (Å²) in [5.74, 6) is 4.29. The summed E-state index contributed by atoms with van der Waals surface area (Å²) in [7, 11) is 1.59. The van der Waals surface area contributed by atoms with E-state index in [0.29, 0.717) is 17.1 Å². The number of carbonyl (C=O) groups is 1. The first-order valence-electron chi connectivity index (χ1n) is 11.7. The molecule has 0 aromatic carbocycles. The largest absolute Gasteiger partial charge is 0.368 e. The van der Waals surface area contributed by atoms with Gasteiger partial charge in [-0.15, -0.1) is 0 Å². The van der Waals surface area contributed by atoms with Gasteiger partial charge >= 0.3 is 0 Å². The number of carbonyl (C=O) groups excluding carboxylic acids is 1. The molecular formula is C25H40O3. The normalized spacial score (nSPS) is 44.9. The molecule has 3 heteroatoms. The van der Waals surface area contributed by atoms with Gasteiger partial charge in [0.05, 0.1) is 0 Å². The summed E-state index contributed by atoms with van der Waals surface area (Å²) in [4.78, 5) is 12.0. The zero-order valence-corrected chi connectivity index (χ0v) is 18.4. The van der Waals surface area contributed by atoms with Crippen LogP contribution in [-0.4, -0.2) is 24.3 Å². The third-order valence-electron chi connectivity index (χ3n) is 9.84. The Kier molecular flexibility index (Phi) is 5.55. The number of ether oxygens (including phenoxy) is 1. The van der Waals surface area contributed by atoms with Crippen LogP contribution in [0.25, 0.3) is 0 Å². The minimum absolute atomic E-state index is 0.282. The fourth-order valence-corrected chi connectivity index (χ4v) is 8.18. The van der Waals surface area contributed by atoms with Crippen molar-refractivity contribution < 1.29 is 14.6 Å². The van der Waals surface area contributed by atoms with E-state index in [9.17, 15) is 9.90 Å². The molecule has 0 aromatic heterocycles. The first-order chi connectivity index (χ1) is 13.3. The Labute approximate surface area is 171 Å². The highest BCUT2D eigenvalue weighted by atomic mass is 16.6. The number of fused-ring (bicyclic) bond motifs is 5. The van der Waals surface area contributed by atoms with Gasteiger partial charge in [0, 0.05) is 20.0 Å². The van der Waals surface area contributed by atoms with Gasteiger partial charge in [-0.25, -0.2) is 0 Å². The van der Waals surface area contributed by atoms with Crippen molar-refractivity contribution in [2.75, 3.05) is 7.11 Å². The monoisotopic (exact) mass is 388 g/mol. The van der Waals surface area contributed by atoms with E-state index in [1.54, 1.807) is 7.11 Å². The van der Waals surface area contributed by atoms with Crippen LogP contribution in [0.3, 0.4) is 0 Å². The highest BCUT2D eigenvalue weighted by Gasteiger charge is 2.59. The summed E-state index contributed by atoms with van der Waals surface area (Å²) in [6, 6.07) is 0.